The van der Waals surface area contributed by atoms with Crippen molar-refractivity contribution in [1.29, 1.82) is 0 Å². The SMILES string of the molecule is Cc1nc(C(C)C)sc1-c1ccnc(Nc2ccc(N(C)C)c(Cl)c2)n1. The zero-order valence-electron chi connectivity index (χ0n) is 15.5. The molecular formula is C19H22ClN5S. The van der Waals surface area contributed by atoms with Crippen molar-refractivity contribution in [2.45, 2.75) is 26.7 Å². The third-order valence-electron chi connectivity index (χ3n) is 3.88. The van der Waals surface area contributed by atoms with Crippen LogP contribution in [0.25, 0.3) is 10.6 Å². The quantitative estimate of drug-likeness (QED) is 0.626. The molecule has 1 N–H and O–H groups in total. The Kier molecular flexibility index (Phi) is 5.44. The van der Waals surface area contributed by atoms with Crippen LogP contribution in [-0.4, -0.2) is 29.0 Å². The van der Waals surface area contributed by atoms with E-state index in [4.69, 9.17) is 11.6 Å². The van der Waals surface area contributed by atoms with Crippen molar-refractivity contribution >= 4 is 40.3 Å². The molecule has 0 spiro atoms. The van der Waals surface area contributed by atoms with E-state index in [-0.39, 0.29) is 0 Å². The number of hydrogen-bond acceptors (Lipinski definition) is 6. The molecule has 3 aromatic rings. The summed E-state index contributed by atoms with van der Waals surface area (Å²) >= 11 is 8.03. The van der Waals surface area contributed by atoms with Crippen molar-refractivity contribution in [1.82, 2.24) is 15.0 Å². The number of aromatic nitrogens is 3. The van der Waals surface area contributed by atoms with E-state index >= 15 is 0 Å². The van der Waals surface area contributed by atoms with Crippen LogP contribution in [0.15, 0.2) is 30.5 Å². The molecule has 0 radical (unpaired) electrons. The standard InChI is InChI=1S/C19H22ClN5S/c1-11(2)18-22-12(3)17(26-18)15-8-9-21-19(24-15)23-13-6-7-16(25(4)5)14(20)10-13/h6-11H,1-5H3,(H,21,23,24). The lowest BCUT2D eigenvalue weighted by Crippen LogP contribution is -2.09. The lowest BCUT2D eigenvalue weighted by atomic mass is 10.2. The maximum absolute atomic E-state index is 6.34. The molecule has 0 saturated heterocycles. The van der Waals surface area contributed by atoms with Gasteiger partial charge in [-0.2, -0.15) is 0 Å². The molecule has 0 fully saturated rings. The smallest absolute Gasteiger partial charge is 0.227 e. The zero-order valence-corrected chi connectivity index (χ0v) is 17.1. The Morgan fingerprint density at radius 2 is 1.92 bits per heavy atom. The van der Waals surface area contributed by atoms with E-state index in [1.807, 2.05) is 50.2 Å². The minimum absolute atomic E-state index is 0.407. The van der Waals surface area contributed by atoms with E-state index in [1.54, 1.807) is 17.5 Å². The largest absolute Gasteiger partial charge is 0.376 e. The van der Waals surface area contributed by atoms with Gasteiger partial charge in [-0.05, 0) is 31.2 Å². The Hall–Kier alpha value is -2.18. The highest BCUT2D eigenvalue weighted by atomic mass is 35.5. The average Bonchev–Trinajstić information content (AvgIpc) is 2.97. The van der Waals surface area contributed by atoms with Crippen LogP contribution in [0.5, 0.6) is 0 Å². The van der Waals surface area contributed by atoms with Crippen molar-refractivity contribution in [3.05, 3.63) is 46.2 Å². The van der Waals surface area contributed by atoms with Crippen LogP contribution in [0.4, 0.5) is 17.3 Å². The first-order valence-electron chi connectivity index (χ1n) is 8.39. The lowest BCUT2D eigenvalue weighted by Gasteiger charge is -2.15. The highest BCUT2D eigenvalue weighted by molar-refractivity contribution is 7.15. The summed E-state index contributed by atoms with van der Waals surface area (Å²) in [7, 11) is 3.92. The Bertz CT molecular complexity index is 920. The van der Waals surface area contributed by atoms with Crippen LogP contribution >= 0.6 is 22.9 Å². The second kappa shape index (κ2) is 7.60. The summed E-state index contributed by atoms with van der Waals surface area (Å²) in [6, 6.07) is 7.72. The van der Waals surface area contributed by atoms with Crippen molar-refractivity contribution in [2.75, 3.05) is 24.3 Å². The molecule has 136 valence electrons. The predicted molar refractivity (Wildman–Crippen MR) is 111 cm³/mol. The molecule has 0 unspecified atom stereocenters. The number of rotatable bonds is 5. The van der Waals surface area contributed by atoms with Crippen molar-refractivity contribution in [3.8, 4) is 10.6 Å². The summed E-state index contributed by atoms with van der Waals surface area (Å²) in [5, 5.41) is 5.03. The highest BCUT2D eigenvalue weighted by Gasteiger charge is 2.14. The van der Waals surface area contributed by atoms with Gasteiger partial charge < -0.3 is 10.2 Å². The van der Waals surface area contributed by atoms with Crippen molar-refractivity contribution < 1.29 is 0 Å². The Morgan fingerprint density at radius 3 is 2.54 bits per heavy atom. The summed E-state index contributed by atoms with van der Waals surface area (Å²) in [4.78, 5) is 16.7. The fourth-order valence-electron chi connectivity index (χ4n) is 2.52. The van der Waals surface area contributed by atoms with Crippen LogP contribution in [0, 0.1) is 6.92 Å². The van der Waals surface area contributed by atoms with Gasteiger partial charge in [-0.3, -0.25) is 0 Å². The normalized spacial score (nSPS) is 11.0. The molecule has 0 amide bonds. The minimum Gasteiger partial charge on any atom is -0.376 e. The Morgan fingerprint density at radius 1 is 1.15 bits per heavy atom. The molecule has 26 heavy (non-hydrogen) atoms. The van der Waals surface area contributed by atoms with Gasteiger partial charge in [0.1, 0.15) is 0 Å². The fourth-order valence-corrected chi connectivity index (χ4v) is 3.91. The molecule has 2 aromatic heterocycles. The molecular weight excluding hydrogens is 366 g/mol. The van der Waals surface area contributed by atoms with Gasteiger partial charge in [0.25, 0.3) is 0 Å². The summed E-state index contributed by atoms with van der Waals surface area (Å²) in [6.45, 7) is 6.32. The van der Waals surface area contributed by atoms with Crippen LogP contribution in [0.3, 0.4) is 0 Å². The van der Waals surface area contributed by atoms with E-state index in [0.717, 1.165) is 32.6 Å². The van der Waals surface area contributed by atoms with E-state index in [2.05, 4.69) is 34.1 Å². The Balaban J connectivity index is 1.87. The number of nitrogens with zero attached hydrogens (tertiary/aromatic N) is 4. The maximum Gasteiger partial charge on any atom is 0.227 e. The van der Waals surface area contributed by atoms with Gasteiger partial charge in [0.15, 0.2) is 0 Å². The molecule has 5 nitrogen and oxygen atoms in total. The van der Waals surface area contributed by atoms with Crippen molar-refractivity contribution in [3.63, 3.8) is 0 Å². The third kappa shape index (κ3) is 3.97. The van der Waals surface area contributed by atoms with Gasteiger partial charge in [0.2, 0.25) is 5.95 Å². The molecule has 7 heteroatoms. The van der Waals surface area contributed by atoms with Gasteiger partial charge in [-0.1, -0.05) is 25.4 Å². The second-order valence-corrected chi connectivity index (χ2v) is 8.01. The molecule has 0 aliphatic heterocycles. The molecule has 3 rings (SSSR count). The number of thiazole rings is 1. The molecule has 0 aliphatic carbocycles. The molecule has 0 aliphatic rings. The molecule has 0 atom stereocenters. The molecule has 1 aromatic carbocycles. The van der Waals surface area contributed by atoms with Gasteiger partial charge >= 0.3 is 0 Å². The van der Waals surface area contributed by atoms with E-state index < -0.39 is 0 Å². The number of nitrogens with one attached hydrogen (secondary N) is 1. The maximum atomic E-state index is 6.34. The predicted octanol–water partition coefficient (Wildman–Crippen LogP) is 5.49. The number of halogens is 1. The second-order valence-electron chi connectivity index (χ2n) is 6.57. The number of benzene rings is 1. The minimum atomic E-state index is 0.407. The summed E-state index contributed by atoms with van der Waals surface area (Å²) in [5.74, 6) is 0.944. The lowest BCUT2D eigenvalue weighted by molar-refractivity contribution is 0.847. The molecule has 0 bridgehead atoms. The fraction of sp³-hybridized carbons (Fsp3) is 0.316. The van der Waals surface area contributed by atoms with E-state index in [1.165, 1.54) is 0 Å². The van der Waals surface area contributed by atoms with Gasteiger partial charge in [0.05, 0.1) is 32.0 Å². The average molecular weight is 388 g/mol. The van der Waals surface area contributed by atoms with Crippen LogP contribution in [-0.2, 0) is 0 Å². The molecule has 0 saturated carbocycles. The number of anilines is 3. The van der Waals surface area contributed by atoms with Gasteiger partial charge in [-0.25, -0.2) is 15.0 Å². The van der Waals surface area contributed by atoms with E-state index in [9.17, 15) is 0 Å². The highest BCUT2D eigenvalue weighted by Crippen LogP contribution is 2.33. The van der Waals surface area contributed by atoms with Crippen LogP contribution < -0.4 is 10.2 Å². The van der Waals surface area contributed by atoms with Gasteiger partial charge in [0, 0.05) is 31.9 Å². The summed E-state index contributed by atoms with van der Waals surface area (Å²) in [6.07, 6.45) is 1.76. The number of hydrogen-bond donors (Lipinski definition) is 1. The topological polar surface area (TPSA) is 53.9 Å². The van der Waals surface area contributed by atoms with E-state index in [0.29, 0.717) is 16.9 Å². The third-order valence-corrected chi connectivity index (χ3v) is 5.66. The molecule has 2 heterocycles. The first-order valence-corrected chi connectivity index (χ1v) is 9.59. The van der Waals surface area contributed by atoms with Crippen LogP contribution in [0.2, 0.25) is 5.02 Å². The van der Waals surface area contributed by atoms with Crippen molar-refractivity contribution in [2.24, 2.45) is 0 Å². The summed E-state index contributed by atoms with van der Waals surface area (Å²) < 4.78 is 0. The summed E-state index contributed by atoms with van der Waals surface area (Å²) in [5.41, 5.74) is 3.69. The zero-order chi connectivity index (χ0) is 18.8. The monoisotopic (exact) mass is 387 g/mol. The number of aryl methyl sites for hydroxylation is 1. The van der Waals surface area contributed by atoms with Crippen LogP contribution in [0.1, 0.15) is 30.5 Å². The first-order chi connectivity index (χ1) is 12.3. The first kappa shape index (κ1) is 18.6. The van der Waals surface area contributed by atoms with Gasteiger partial charge in [-0.15, -0.1) is 11.3 Å². The Labute approximate surface area is 163 Å².